The van der Waals surface area contributed by atoms with Crippen LogP contribution in [0.1, 0.15) is 64.7 Å². The number of hydrogen-bond acceptors (Lipinski definition) is 1. The molecule has 0 aromatic carbocycles. The second-order valence-corrected chi connectivity index (χ2v) is 4.20. The van der Waals surface area contributed by atoms with Gasteiger partial charge in [-0.05, 0) is 12.8 Å². The average Bonchev–Trinajstić information content (AvgIpc) is 2.62. The Labute approximate surface area is 87.4 Å². The van der Waals surface area contributed by atoms with Gasteiger partial charge in [-0.15, -0.1) is 0 Å². The Bertz CT molecular complexity index is 263. The molecule has 0 saturated heterocycles. The van der Waals surface area contributed by atoms with Crippen LogP contribution in [0.5, 0.6) is 0 Å². The van der Waals surface area contributed by atoms with Gasteiger partial charge in [0.05, 0.1) is 0 Å². The van der Waals surface area contributed by atoms with Gasteiger partial charge in [0.15, 0.2) is 0 Å². The molecule has 0 aliphatic rings. The van der Waals surface area contributed by atoms with Crippen molar-refractivity contribution in [2.45, 2.75) is 58.9 Å². The minimum Gasteiger partial charge on any atom is -0.332 e. The molecule has 0 radical (unpaired) electrons. The molecule has 1 atom stereocenters. The van der Waals surface area contributed by atoms with Gasteiger partial charge < -0.3 is 4.57 Å². The first-order valence-corrected chi connectivity index (χ1v) is 5.73. The van der Waals surface area contributed by atoms with E-state index in [1.54, 1.807) is 0 Å². The summed E-state index contributed by atoms with van der Waals surface area (Å²) in [4.78, 5) is 4.43. The molecule has 0 aliphatic carbocycles. The van der Waals surface area contributed by atoms with Crippen molar-refractivity contribution >= 4 is 0 Å². The zero-order chi connectivity index (χ0) is 10.6. The zero-order valence-corrected chi connectivity index (χ0v) is 9.83. The van der Waals surface area contributed by atoms with Crippen LogP contribution in [0.15, 0.2) is 12.4 Å². The molecule has 14 heavy (non-hydrogen) atoms. The highest BCUT2D eigenvalue weighted by Crippen LogP contribution is 2.23. The molecule has 2 heteroatoms. The molecular formula is C12H22N2. The number of hydrogen-bond donors (Lipinski definition) is 0. The topological polar surface area (TPSA) is 17.8 Å². The molecule has 0 N–H and O–H groups in total. The maximum absolute atomic E-state index is 4.43. The van der Waals surface area contributed by atoms with Crippen LogP contribution in [0.25, 0.3) is 0 Å². The van der Waals surface area contributed by atoms with Gasteiger partial charge in [-0.1, -0.05) is 34.1 Å². The summed E-state index contributed by atoms with van der Waals surface area (Å²) in [7, 11) is 0. The molecule has 0 amide bonds. The predicted molar refractivity (Wildman–Crippen MR) is 60.6 cm³/mol. The van der Waals surface area contributed by atoms with Crippen LogP contribution >= 0.6 is 0 Å². The molecule has 1 rings (SSSR count). The second-order valence-electron chi connectivity index (χ2n) is 4.20. The number of imidazole rings is 1. The third-order valence-electron chi connectivity index (χ3n) is 2.70. The molecule has 2 nitrogen and oxygen atoms in total. The Morgan fingerprint density at radius 1 is 1.36 bits per heavy atom. The van der Waals surface area contributed by atoms with Crippen molar-refractivity contribution in [1.82, 2.24) is 9.55 Å². The summed E-state index contributed by atoms with van der Waals surface area (Å²) in [5.41, 5.74) is 0. The maximum Gasteiger partial charge on any atom is 0.111 e. The van der Waals surface area contributed by atoms with Gasteiger partial charge in [-0.2, -0.15) is 0 Å². The quantitative estimate of drug-likeness (QED) is 0.698. The Morgan fingerprint density at radius 2 is 2.07 bits per heavy atom. The van der Waals surface area contributed by atoms with Gasteiger partial charge in [0.2, 0.25) is 0 Å². The minimum absolute atomic E-state index is 0.524. The largest absolute Gasteiger partial charge is 0.332 e. The van der Waals surface area contributed by atoms with Crippen LogP contribution in [0.4, 0.5) is 0 Å². The maximum atomic E-state index is 4.43. The monoisotopic (exact) mass is 194 g/mol. The van der Waals surface area contributed by atoms with Crippen molar-refractivity contribution < 1.29 is 0 Å². The lowest BCUT2D eigenvalue weighted by atomic mass is 10.1. The lowest BCUT2D eigenvalue weighted by molar-refractivity contribution is 0.427. The molecule has 0 saturated carbocycles. The molecule has 0 aliphatic heterocycles. The predicted octanol–water partition coefficient (Wildman–Crippen LogP) is 3.76. The van der Waals surface area contributed by atoms with Crippen LogP contribution in [0.3, 0.4) is 0 Å². The molecule has 1 aromatic heterocycles. The van der Waals surface area contributed by atoms with Gasteiger partial charge >= 0.3 is 0 Å². The molecule has 0 spiro atoms. The van der Waals surface area contributed by atoms with E-state index in [0.29, 0.717) is 12.0 Å². The van der Waals surface area contributed by atoms with Crippen molar-refractivity contribution in [3.8, 4) is 0 Å². The van der Waals surface area contributed by atoms with E-state index < -0.39 is 0 Å². The fourth-order valence-corrected chi connectivity index (χ4v) is 1.95. The van der Waals surface area contributed by atoms with Crippen LogP contribution in [-0.2, 0) is 0 Å². The first kappa shape index (κ1) is 11.3. The smallest absolute Gasteiger partial charge is 0.111 e. The summed E-state index contributed by atoms with van der Waals surface area (Å²) in [6, 6.07) is 0.639. The molecule has 1 heterocycles. The van der Waals surface area contributed by atoms with Crippen LogP contribution in [-0.4, -0.2) is 9.55 Å². The van der Waals surface area contributed by atoms with E-state index >= 15 is 0 Å². The van der Waals surface area contributed by atoms with Crippen LogP contribution in [0, 0.1) is 0 Å². The molecule has 1 aromatic rings. The SMILES string of the molecule is CCCC(CC)n1ccnc1C(C)C. The summed E-state index contributed by atoms with van der Waals surface area (Å²) in [5.74, 6) is 1.75. The van der Waals surface area contributed by atoms with E-state index in [-0.39, 0.29) is 0 Å². The number of rotatable bonds is 5. The minimum atomic E-state index is 0.524. The van der Waals surface area contributed by atoms with Gasteiger partial charge in [0.1, 0.15) is 5.82 Å². The van der Waals surface area contributed by atoms with Gasteiger partial charge in [-0.3, -0.25) is 0 Å². The lowest BCUT2D eigenvalue weighted by Crippen LogP contribution is -2.11. The summed E-state index contributed by atoms with van der Waals surface area (Å²) in [6.45, 7) is 8.91. The second kappa shape index (κ2) is 5.18. The highest BCUT2D eigenvalue weighted by molar-refractivity contribution is 4.99. The zero-order valence-electron chi connectivity index (χ0n) is 9.83. The van der Waals surface area contributed by atoms with Gasteiger partial charge in [0, 0.05) is 24.4 Å². The highest BCUT2D eigenvalue weighted by Gasteiger charge is 2.13. The Morgan fingerprint density at radius 3 is 2.57 bits per heavy atom. The summed E-state index contributed by atoms with van der Waals surface area (Å²) >= 11 is 0. The first-order valence-electron chi connectivity index (χ1n) is 5.73. The highest BCUT2D eigenvalue weighted by atomic mass is 15.1. The standard InChI is InChI=1S/C12H22N2/c1-5-7-11(6-2)14-9-8-13-12(14)10(3)4/h8-11H,5-7H2,1-4H3. The number of aromatic nitrogens is 2. The third kappa shape index (κ3) is 2.37. The van der Waals surface area contributed by atoms with Crippen molar-refractivity contribution in [2.75, 3.05) is 0 Å². The van der Waals surface area contributed by atoms with E-state index in [2.05, 4.69) is 43.4 Å². The Balaban J connectivity index is 2.86. The number of nitrogens with zero attached hydrogens (tertiary/aromatic N) is 2. The molecule has 80 valence electrons. The van der Waals surface area contributed by atoms with E-state index in [4.69, 9.17) is 0 Å². The summed E-state index contributed by atoms with van der Waals surface area (Å²) < 4.78 is 2.36. The van der Waals surface area contributed by atoms with Gasteiger partial charge in [0.25, 0.3) is 0 Å². The molecular weight excluding hydrogens is 172 g/mol. The Kier molecular flexibility index (Phi) is 4.18. The van der Waals surface area contributed by atoms with Crippen molar-refractivity contribution in [3.05, 3.63) is 18.2 Å². The summed E-state index contributed by atoms with van der Waals surface area (Å²) in [6.07, 6.45) is 7.75. The fourth-order valence-electron chi connectivity index (χ4n) is 1.95. The average molecular weight is 194 g/mol. The normalized spacial score (nSPS) is 13.5. The van der Waals surface area contributed by atoms with E-state index in [9.17, 15) is 0 Å². The third-order valence-corrected chi connectivity index (χ3v) is 2.70. The van der Waals surface area contributed by atoms with Crippen molar-refractivity contribution in [1.29, 1.82) is 0 Å². The van der Waals surface area contributed by atoms with E-state index in [1.165, 1.54) is 25.1 Å². The summed E-state index contributed by atoms with van der Waals surface area (Å²) in [5, 5.41) is 0. The van der Waals surface area contributed by atoms with Gasteiger partial charge in [-0.25, -0.2) is 4.98 Å². The van der Waals surface area contributed by atoms with Crippen molar-refractivity contribution in [2.24, 2.45) is 0 Å². The van der Waals surface area contributed by atoms with E-state index in [0.717, 1.165) is 0 Å². The Hall–Kier alpha value is -0.790. The molecule has 0 bridgehead atoms. The van der Waals surface area contributed by atoms with Crippen LogP contribution in [0.2, 0.25) is 0 Å². The molecule has 1 unspecified atom stereocenters. The first-order chi connectivity index (χ1) is 6.70. The fraction of sp³-hybridized carbons (Fsp3) is 0.750. The molecule has 0 fully saturated rings. The van der Waals surface area contributed by atoms with E-state index in [1.807, 2.05) is 6.20 Å². The van der Waals surface area contributed by atoms with Crippen LogP contribution < -0.4 is 0 Å². The lowest BCUT2D eigenvalue weighted by Gasteiger charge is -2.20. The van der Waals surface area contributed by atoms with Crippen molar-refractivity contribution in [3.63, 3.8) is 0 Å².